The van der Waals surface area contributed by atoms with Crippen molar-refractivity contribution >= 4 is 29.2 Å². The van der Waals surface area contributed by atoms with Crippen LogP contribution in [0, 0.1) is 19.8 Å². The molecule has 2 amide bonds. The van der Waals surface area contributed by atoms with E-state index < -0.39 is 11.9 Å². The molecule has 0 radical (unpaired) electrons. The summed E-state index contributed by atoms with van der Waals surface area (Å²) in [6.07, 6.45) is -0.0142. The number of carbonyl (C=O) groups is 3. The highest BCUT2D eigenvalue weighted by atomic mass is 16.5. The van der Waals surface area contributed by atoms with Gasteiger partial charge in [0.2, 0.25) is 11.8 Å². The maximum atomic E-state index is 12.7. The molecule has 0 spiro atoms. The number of anilines is 2. The Morgan fingerprint density at radius 2 is 1.79 bits per heavy atom. The van der Waals surface area contributed by atoms with Crippen LogP contribution in [0.1, 0.15) is 41.8 Å². The van der Waals surface area contributed by atoms with Gasteiger partial charge in [-0.05, 0) is 69.2 Å². The van der Waals surface area contributed by atoms with Crippen LogP contribution >= 0.6 is 0 Å². The van der Waals surface area contributed by atoms with Crippen molar-refractivity contribution in [3.8, 4) is 0 Å². The molecule has 1 saturated heterocycles. The van der Waals surface area contributed by atoms with Gasteiger partial charge < -0.3 is 15.0 Å². The van der Waals surface area contributed by atoms with E-state index >= 15 is 0 Å². The maximum absolute atomic E-state index is 12.7. The van der Waals surface area contributed by atoms with Crippen LogP contribution in [0.3, 0.4) is 0 Å². The van der Waals surface area contributed by atoms with Crippen molar-refractivity contribution in [3.05, 3.63) is 59.2 Å². The van der Waals surface area contributed by atoms with Gasteiger partial charge in [0.15, 0.2) is 0 Å². The molecule has 2 aromatic carbocycles. The van der Waals surface area contributed by atoms with Crippen molar-refractivity contribution in [2.75, 3.05) is 16.8 Å². The molecule has 1 heterocycles. The SMILES string of the molecule is Cc1cccc(N2C[C@@H](C(=O)Nc3ccc(C(=O)OC(C)C)cc3)CC2=O)c1C. The topological polar surface area (TPSA) is 75.7 Å². The standard InChI is InChI=1S/C23H26N2O4/c1-14(2)29-23(28)17-8-10-19(11-9-17)24-22(27)18-12-21(26)25(13-18)20-7-5-6-15(3)16(20)4/h5-11,14,18H,12-13H2,1-4H3,(H,24,27)/t18-/m0/s1. The van der Waals surface area contributed by atoms with Gasteiger partial charge >= 0.3 is 5.97 Å². The van der Waals surface area contributed by atoms with Crippen LogP contribution < -0.4 is 10.2 Å². The molecule has 152 valence electrons. The van der Waals surface area contributed by atoms with Crippen molar-refractivity contribution in [3.63, 3.8) is 0 Å². The third-order valence-corrected chi connectivity index (χ3v) is 5.09. The molecule has 0 aromatic heterocycles. The van der Waals surface area contributed by atoms with E-state index in [1.165, 1.54) is 0 Å². The number of carbonyl (C=O) groups excluding carboxylic acids is 3. The van der Waals surface area contributed by atoms with Crippen LogP contribution in [-0.2, 0) is 14.3 Å². The zero-order chi connectivity index (χ0) is 21.1. The number of aryl methyl sites for hydroxylation is 1. The maximum Gasteiger partial charge on any atom is 0.338 e. The minimum Gasteiger partial charge on any atom is -0.459 e. The van der Waals surface area contributed by atoms with Gasteiger partial charge in [-0.1, -0.05) is 12.1 Å². The highest BCUT2D eigenvalue weighted by Crippen LogP contribution is 2.30. The lowest BCUT2D eigenvalue weighted by Crippen LogP contribution is -2.28. The Balaban J connectivity index is 1.65. The quantitative estimate of drug-likeness (QED) is 0.782. The molecule has 6 heteroatoms. The van der Waals surface area contributed by atoms with Crippen molar-refractivity contribution in [1.29, 1.82) is 0 Å². The second kappa shape index (κ2) is 8.47. The molecule has 1 aliphatic heterocycles. The number of nitrogens with zero attached hydrogens (tertiary/aromatic N) is 1. The Labute approximate surface area is 170 Å². The van der Waals surface area contributed by atoms with E-state index in [-0.39, 0.29) is 24.3 Å². The average Bonchev–Trinajstić information content (AvgIpc) is 3.05. The van der Waals surface area contributed by atoms with Crippen molar-refractivity contribution in [1.82, 2.24) is 0 Å². The molecule has 29 heavy (non-hydrogen) atoms. The molecule has 1 fully saturated rings. The molecule has 2 aromatic rings. The van der Waals surface area contributed by atoms with Gasteiger partial charge in [0.05, 0.1) is 17.6 Å². The highest BCUT2D eigenvalue weighted by Gasteiger charge is 2.35. The van der Waals surface area contributed by atoms with Gasteiger partial charge in [-0.2, -0.15) is 0 Å². The molecule has 3 rings (SSSR count). The predicted molar refractivity (Wildman–Crippen MR) is 112 cm³/mol. The fourth-order valence-corrected chi connectivity index (χ4v) is 3.36. The Kier molecular flexibility index (Phi) is 6.01. The number of ether oxygens (including phenoxy) is 1. The summed E-state index contributed by atoms with van der Waals surface area (Å²) in [6, 6.07) is 12.4. The van der Waals surface area contributed by atoms with Crippen molar-refractivity contribution < 1.29 is 19.1 Å². The number of nitrogens with one attached hydrogen (secondary N) is 1. The first-order valence-electron chi connectivity index (χ1n) is 9.74. The van der Waals surface area contributed by atoms with Crippen LogP contribution in [-0.4, -0.2) is 30.4 Å². The lowest BCUT2D eigenvalue weighted by atomic mass is 10.1. The Hall–Kier alpha value is -3.15. The number of hydrogen-bond acceptors (Lipinski definition) is 4. The van der Waals surface area contributed by atoms with Crippen LogP contribution in [0.5, 0.6) is 0 Å². The summed E-state index contributed by atoms with van der Waals surface area (Å²) in [5.74, 6) is -1.08. The minimum absolute atomic E-state index is 0.0503. The number of hydrogen-bond donors (Lipinski definition) is 1. The molecule has 1 atom stereocenters. The van der Waals surface area contributed by atoms with E-state index in [2.05, 4.69) is 5.32 Å². The van der Waals surface area contributed by atoms with Gasteiger partial charge in [0, 0.05) is 24.3 Å². The van der Waals surface area contributed by atoms with E-state index in [4.69, 9.17) is 4.74 Å². The lowest BCUT2D eigenvalue weighted by molar-refractivity contribution is -0.122. The van der Waals surface area contributed by atoms with E-state index in [9.17, 15) is 14.4 Å². The molecule has 0 unspecified atom stereocenters. The number of amides is 2. The fraction of sp³-hybridized carbons (Fsp3) is 0.348. The molecule has 6 nitrogen and oxygen atoms in total. The fourth-order valence-electron chi connectivity index (χ4n) is 3.36. The Morgan fingerprint density at radius 1 is 1.10 bits per heavy atom. The largest absolute Gasteiger partial charge is 0.459 e. The van der Waals surface area contributed by atoms with E-state index in [0.29, 0.717) is 17.8 Å². The molecule has 1 N–H and O–H groups in total. The summed E-state index contributed by atoms with van der Waals surface area (Å²) in [5.41, 5.74) is 4.02. The summed E-state index contributed by atoms with van der Waals surface area (Å²) in [6.45, 7) is 7.92. The predicted octanol–water partition coefficient (Wildman–Crippen LogP) is 3.86. The number of benzene rings is 2. The monoisotopic (exact) mass is 394 g/mol. The smallest absolute Gasteiger partial charge is 0.338 e. The Morgan fingerprint density at radius 3 is 2.45 bits per heavy atom. The van der Waals surface area contributed by atoms with Crippen LogP contribution in [0.25, 0.3) is 0 Å². The normalized spacial score (nSPS) is 16.2. The van der Waals surface area contributed by atoms with Gasteiger partial charge in [0.25, 0.3) is 0 Å². The summed E-state index contributed by atoms with van der Waals surface area (Å²) in [7, 11) is 0. The zero-order valence-corrected chi connectivity index (χ0v) is 17.2. The summed E-state index contributed by atoms with van der Waals surface area (Å²) in [4.78, 5) is 38.8. The molecule has 0 aliphatic carbocycles. The zero-order valence-electron chi connectivity index (χ0n) is 17.2. The summed E-state index contributed by atoms with van der Waals surface area (Å²) < 4.78 is 5.15. The first-order chi connectivity index (χ1) is 13.8. The number of rotatable bonds is 5. The summed E-state index contributed by atoms with van der Waals surface area (Å²) >= 11 is 0. The Bertz CT molecular complexity index is 934. The third-order valence-electron chi connectivity index (χ3n) is 5.09. The lowest BCUT2D eigenvalue weighted by Gasteiger charge is -2.20. The van der Waals surface area contributed by atoms with Gasteiger partial charge in [0.1, 0.15) is 0 Å². The number of esters is 1. The first kappa shape index (κ1) is 20.6. The second-order valence-corrected chi connectivity index (χ2v) is 7.65. The highest BCUT2D eigenvalue weighted by molar-refractivity contribution is 6.04. The van der Waals surface area contributed by atoms with Crippen molar-refractivity contribution in [2.24, 2.45) is 5.92 Å². The molecule has 0 saturated carbocycles. The minimum atomic E-state index is -0.423. The van der Waals surface area contributed by atoms with Gasteiger partial charge in [-0.15, -0.1) is 0 Å². The van der Waals surface area contributed by atoms with Crippen molar-refractivity contribution in [2.45, 2.75) is 40.2 Å². The third kappa shape index (κ3) is 4.65. The molecule has 1 aliphatic rings. The van der Waals surface area contributed by atoms with E-state index in [1.807, 2.05) is 32.0 Å². The first-order valence-corrected chi connectivity index (χ1v) is 9.74. The van der Waals surface area contributed by atoms with Crippen LogP contribution in [0.15, 0.2) is 42.5 Å². The average molecular weight is 394 g/mol. The van der Waals surface area contributed by atoms with Gasteiger partial charge in [-0.3, -0.25) is 9.59 Å². The van der Waals surface area contributed by atoms with Crippen LogP contribution in [0.2, 0.25) is 0 Å². The van der Waals surface area contributed by atoms with Gasteiger partial charge in [-0.25, -0.2) is 4.79 Å². The second-order valence-electron chi connectivity index (χ2n) is 7.65. The van der Waals surface area contributed by atoms with E-state index in [1.54, 1.807) is 43.0 Å². The van der Waals surface area contributed by atoms with E-state index in [0.717, 1.165) is 16.8 Å². The molecular weight excluding hydrogens is 368 g/mol. The summed E-state index contributed by atoms with van der Waals surface area (Å²) in [5, 5.41) is 2.84. The van der Waals surface area contributed by atoms with Crippen LogP contribution in [0.4, 0.5) is 11.4 Å². The molecular formula is C23H26N2O4. The molecule has 0 bridgehead atoms.